The number of nitrogens with zero attached hydrogens (tertiary/aromatic N) is 1. The predicted molar refractivity (Wildman–Crippen MR) is 48.8 cm³/mol. The van der Waals surface area contributed by atoms with Gasteiger partial charge in [-0.2, -0.15) is 5.26 Å². The van der Waals surface area contributed by atoms with Gasteiger partial charge in [-0.1, -0.05) is 0 Å². The van der Waals surface area contributed by atoms with Crippen LogP contribution >= 0.6 is 7.60 Å². The first-order valence-corrected chi connectivity index (χ1v) is 5.55. The van der Waals surface area contributed by atoms with E-state index in [1.54, 1.807) is 6.07 Å². The smallest absolute Gasteiger partial charge is 0.334 e. The fraction of sp³-hybridized carbons (Fsp3) is 0.375. The maximum Gasteiger partial charge on any atom is 0.334 e. The van der Waals surface area contributed by atoms with Gasteiger partial charge in [-0.15, -0.1) is 0 Å². The van der Waals surface area contributed by atoms with Crippen LogP contribution in [0.5, 0.6) is 0 Å². The van der Waals surface area contributed by atoms with E-state index >= 15 is 0 Å². The van der Waals surface area contributed by atoms with Gasteiger partial charge in [0, 0.05) is 19.8 Å². The summed E-state index contributed by atoms with van der Waals surface area (Å²) in [7, 11) is -0.517. The molecular weight excluding hydrogens is 205 g/mol. The summed E-state index contributed by atoms with van der Waals surface area (Å²) in [4.78, 5) is 0. The average molecular weight is 215 g/mol. The Morgan fingerprint density at radius 3 is 2.71 bits per heavy atom. The van der Waals surface area contributed by atoms with Crippen molar-refractivity contribution in [3.8, 4) is 6.07 Å². The van der Waals surface area contributed by atoms with Crippen molar-refractivity contribution in [3.05, 3.63) is 23.7 Å². The second-order valence-electron chi connectivity index (χ2n) is 2.52. The molecule has 0 bridgehead atoms. The summed E-state index contributed by atoms with van der Waals surface area (Å²) in [5.74, 6) is 0.138. The third-order valence-corrected chi connectivity index (χ3v) is 3.61. The highest BCUT2D eigenvalue weighted by Gasteiger charge is 2.24. The van der Waals surface area contributed by atoms with Crippen LogP contribution in [-0.2, 0) is 19.8 Å². The van der Waals surface area contributed by atoms with Crippen LogP contribution in [0, 0.1) is 11.3 Å². The lowest BCUT2D eigenvalue weighted by atomic mass is 10.3. The molecule has 0 N–H and O–H groups in total. The zero-order valence-corrected chi connectivity index (χ0v) is 8.78. The van der Waals surface area contributed by atoms with Crippen LogP contribution in [0.1, 0.15) is 11.3 Å². The molecule has 0 saturated carbocycles. The van der Waals surface area contributed by atoms with Crippen molar-refractivity contribution < 1.29 is 18.0 Å². The molecular formula is C8H10NO4P. The molecule has 0 aliphatic rings. The third-order valence-electron chi connectivity index (χ3n) is 1.77. The SMILES string of the molecule is COP(=O)(Cc1ccoc1C#N)OC. The van der Waals surface area contributed by atoms with Crippen LogP contribution in [0.15, 0.2) is 16.7 Å². The first-order chi connectivity index (χ1) is 6.65. The summed E-state index contributed by atoms with van der Waals surface area (Å²) in [6.07, 6.45) is 1.41. The van der Waals surface area contributed by atoms with E-state index in [1.807, 2.05) is 6.07 Å². The average Bonchev–Trinajstić information content (AvgIpc) is 2.65. The molecule has 76 valence electrons. The zero-order chi connectivity index (χ0) is 10.6. The van der Waals surface area contributed by atoms with Gasteiger partial charge in [-0.05, 0) is 6.07 Å². The van der Waals surface area contributed by atoms with Crippen molar-refractivity contribution in [2.24, 2.45) is 0 Å². The van der Waals surface area contributed by atoms with Crippen molar-refractivity contribution >= 4 is 7.60 Å². The van der Waals surface area contributed by atoms with Gasteiger partial charge in [0.25, 0.3) is 0 Å². The Labute approximate surface area is 81.8 Å². The van der Waals surface area contributed by atoms with Crippen LogP contribution in [0.25, 0.3) is 0 Å². The lowest BCUT2D eigenvalue weighted by Gasteiger charge is -2.11. The van der Waals surface area contributed by atoms with E-state index in [-0.39, 0.29) is 11.9 Å². The van der Waals surface area contributed by atoms with E-state index in [2.05, 4.69) is 0 Å². The summed E-state index contributed by atoms with van der Waals surface area (Å²) in [6, 6.07) is 3.42. The molecule has 14 heavy (non-hydrogen) atoms. The summed E-state index contributed by atoms with van der Waals surface area (Å²) < 4.78 is 26.0. The standard InChI is InChI=1S/C8H10NO4P/c1-11-14(10,12-2)6-7-3-4-13-8(7)5-9/h3-4H,6H2,1-2H3. The lowest BCUT2D eigenvalue weighted by Crippen LogP contribution is -1.93. The Balaban J connectivity index is 2.89. The van der Waals surface area contributed by atoms with Gasteiger partial charge < -0.3 is 13.5 Å². The van der Waals surface area contributed by atoms with E-state index in [9.17, 15) is 4.57 Å². The van der Waals surface area contributed by atoms with E-state index < -0.39 is 7.60 Å². The Morgan fingerprint density at radius 2 is 2.21 bits per heavy atom. The summed E-state index contributed by atoms with van der Waals surface area (Å²) in [5.41, 5.74) is 0.527. The number of furan rings is 1. The van der Waals surface area contributed by atoms with E-state index in [0.29, 0.717) is 5.56 Å². The maximum atomic E-state index is 11.7. The fourth-order valence-electron chi connectivity index (χ4n) is 0.970. The Kier molecular flexibility index (Phi) is 3.48. The topological polar surface area (TPSA) is 72.5 Å². The number of rotatable bonds is 4. The van der Waals surface area contributed by atoms with Crippen LogP contribution in [0.3, 0.4) is 0 Å². The quantitative estimate of drug-likeness (QED) is 0.719. The molecule has 1 heterocycles. The third kappa shape index (κ3) is 2.24. The van der Waals surface area contributed by atoms with Gasteiger partial charge >= 0.3 is 7.60 Å². The first kappa shape index (κ1) is 11.0. The Morgan fingerprint density at radius 1 is 1.57 bits per heavy atom. The van der Waals surface area contributed by atoms with Gasteiger partial charge in [0.15, 0.2) is 0 Å². The highest BCUT2D eigenvalue weighted by atomic mass is 31.2. The molecule has 1 aromatic heterocycles. The minimum Gasteiger partial charge on any atom is -0.454 e. The lowest BCUT2D eigenvalue weighted by molar-refractivity contribution is 0.274. The minimum absolute atomic E-state index is 0.0411. The van der Waals surface area contributed by atoms with E-state index in [4.69, 9.17) is 18.7 Å². The number of hydrogen-bond donors (Lipinski definition) is 0. The Bertz CT molecular complexity index is 384. The fourth-order valence-corrected chi connectivity index (χ4v) is 2.04. The van der Waals surface area contributed by atoms with Crippen LogP contribution in [0.2, 0.25) is 0 Å². The van der Waals surface area contributed by atoms with Gasteiger partial charge in [0.2, 0.25) is 5.76 Å². The number of nitriles is 1. The molecule has 0 aliphatic carbocycles. The van der Waals surface area contributed by atoms with E-state index in [1.165, 1.54) is 20.5 Å². The zero-order valence-electron chi connectivity index (χ0n) is 7.89. The molecule has 0 amide bonds. The number of hydrogen-bond acceptors (Lipinski definition) is 5. The molecule has 1 rings (SSSR count). The molecule has 0 spiro atoms. The van der Waals surface area contributed by atoms with Crippen molar-refractivity contribution in [2.75, 3.05) is 14.2 Å². The van der Waals surface area contributed by atoms with Crippen molar-refractivity contribution in [1.29, 1.82) is 5.26 Å². The monoisotopic (exact) mass is 215 g/mol. The molecule has 5 nitrogen and oxygen atoms in total. The molecule has 1 aromatic rings. The molecule has 0 unspecified atom stereocenters. The predicted octanol–water partition coefficient (Wildman–Crippen LogP) is 2.14. The second kappa shape index (κ2) is 4.43. The van der Waals surface area contributed by atoms with Crippen LogP contribution < -0.4 is 0 Å². The highest BCUT2D eigenvalue weighted by Crippen LogP contribution is 2.50. The summed E-state index contributed by atoms with van der Waals surface area (Å²) >= 11 is 0. The Hall–Kier alpha value is -1.08. The normalized spacial score (nSPS) is 11.2. The van der Waals surface area contributed by atoms with Gasteiger partial charge in [-0.25, -0.2) is 0 Å². The molecule has 0 radical (unpaired) electrons. The van der Waals surface area contributed by atoms with Crippen molar-refractivity contribution in [1.82, 2.24) is 0 Å². The molecule has 6 heteroatoms. The maximum absolute atomic E-state index is 11.7. The molecule has 0 aromatic carbocycles. The van der Waals surface area contributed by atoms with E-state index in [0.717, 1.165) is 0 Å². The van der Waals surface area contributed by atoms with Gasteiger partial charge in [0.05, 0.1) is 12.4 Å². The second-order valence-corrected chi connectivity index (χ2v) is 4.79. The highest BCUT2D eigenvalue weighted by molar-refractivity contribution is 7.52. The van der Waals surface area contributed by atoms with Crippen molar-refractivity contribution in [3.63, 3.8) is 0 Å². The molecule has 0 atom stereocenters. The summed E-state index contributed by atoms with van der Waals surface area (Å²) in [5, 5.41) is 8.63. The van der Waals surface area contributed by atoms with Gasteiger partial charge in [-0.3, -0.25) is 4.57 Å². The van der Waals surface area contributed by atoms with Crippen molar-refractivity contribution in [2.45, 2.75) is 6.16 Å². The van der Waals surface area contributed by atoms with Gasteiger partial charge in [0.1, 0.15) is 6.07 Å². The molecule has 0 fully saturated rings. The summed E-state index contributed by atoms with van der Waals surface area (Å²) in [6.45, 7) is 0. The molecule has 0 aliphatic heterocycles. The first-order valence-electron chi connectivity index (χ1n) is 3.82. The molecule has 0 saturated heterocycles. The van der Waals surface area contributed by atoms with Crippen LogP contribution in [-0.4, -0.2) is 14.2 Å². The minimum atomic E-state index is -3.12. The van der Waals surface area contributed by atoms with Crippen LogP contribution in [0.4, 0.5) is 0 Å². The largest absolute Gasteiger partial charge is 0.454 e.